The molecule has 12 heteroatoms. The molecule has 8 nitrogen and oxygen atoms in total. The van der Waals surface area contributed by atoms with Crippen LogP contribution in [-0.4, -0.2) is 63.9 Å². The summed E-state index contributed by atoms with van der Waals surface area (Å²) in [5.74, 6) is -0.619. The van der Waals surface area contributed by atoms with Crippen LogP contribution in [0.25, 0.3) is 0 Å². The van der Waals surface area contributed by atoms with E-state index in [4.69, 9.17) is 20.2 Å². The van der Waals surface area contributed by atoms with Gasteiger partial charge in [-0.15, -0.1) is 0 Å². The Hall–Kier alpha value is -2.96. The average Bonchev–Trinajstić information content (AvgIpc) is 3.43. The predicted molar refractivity (Wildman–Crippen MR) is 149 cm³/mol. The number of benzene rings is 1. The lowest BCUT2D eigenvalue weighted by molar-refractivity contribution is -0.140. The molecule has 0 unspecified atom stereocenters. The van der Waals surface area contributed by atoms with E-state index in [1.54, 1.807) is 6.92 Å². The van der Waals surface area contributed by atoms with Gasteiger partial charge in [-0.1, -0.05) is 12.2 Å². The molecule has 228 valence electrons. The Labute approximate surface area is 242 Å². The Bertz CT molecular complexity index is 1410. The van der Waals surface area contributed by atoms with Crippen molar-refractivity contribution in [2.45, 2.75) is 82.4 Å². The first-order valence-electron chi connectivity index (χ1n) is 14.5. The fourth-order valence-corrected chi connectivity index (χ4v) is 7.31. The number of halogens is 4. The number of piperidine rings is 1. The monoisotopic (exact) mass is 591 g/mol. The molecule has 0 saturated carbocycles. The molecule has 0 radical (unpaired) electrons. The highest BCUT2D eigenvalue weighted by molar-refractivity contribution is 5.55. The largest absolute Gasteiger partial charge is 0.461 e. The van der Waals surface area contributed by atoms with Crippen molar-refractivity contribution in [1.29, 1.82) is 0 Å². The van der Waals surface area contributed by atoms with Gasteiger partial charge in [-0.05, 0) is 64.1 Å². The SMILES string of the molecule is C=C1CN2CCC[C@]2(COc2nc3c(c(N4CCC[C@@](C)(O)C4)n2)CO[C@H](c2c(F)c(N)cc(C)c2C(F)(F)F)C3)C1. The summed E-state index contributed by atoms with van der Waals surface area (Å²) >= 11 is 0. The molecule has 3 N–H and O–H groups in total. The number of hydrogen-bond acceptors (Lipinski definition) is 8. The summed E-state index contributed by atoms with van der Waals surface area (Å²) in [5.41, 5.74) is 4.60. The lowest BCUT2D eigenvalue weighted by Crippen LogP contribution is -2.47. The summed E-state index contributed by atoms with van der Waals surface area (Å²) in [7, 11) is 0. The molecule has 3 saturated heterocycles. The highest BCUT2D eigenvalue weighted by atomic mass is 19.4. The first kappa shape index (κ1) is 29.1. The normalized spacial score (nSPS) is 28.2. The quantitative estimate of drug-likeness (QED) is 0.289. The standard InChI is InChI=1S/C30H37F4N5O3/c1-17-12-29(7-5-9-39(29)13-17)16-42-27-36-21-11-22(23-24(30(32,33)34)18(2)10-20(35)25(23)31)41-14-19(21)26(37-27)38-8-4-6-28(3,40)15-38/h10,22,40H,1,4-9,11-16,35H2,2-3H3/t22-,28+,29+/m0/s1. The van der Waals surface area contributed by atoms with Crippen molar-refractivity contribution >= 4 is 11.5 Å². The molecular formula is C30H37F4N5O3. The first-order valence-corrected chi connectivity index (χ1v) is 14.5. The van der Waals surface area contributed by atoms with Crippen molar-refractivity contribution < 1.29 is 32.1 Å². The molecule has 3 atom stereocenters. The summed E-state index contributed by atoms with van der Waals surface area (Å²) in [6, 6.07) is 1.10. The fraction of sp³-hybridized carbons (Fsp3) is 0.600. The Balaban J connectivity index is 1.38. The minimum absolute atomic E-state index is 0.105. The molecule has 0 amide bonds. The molecule has 5 heterocycles. The van der Waals surface area contributed by atoms with Crippen molar-refractivity contribution in [2.24, 2.45) is 0 Å². The summed E-state index contributed by atoms with van der Waals surface area (Å²) < 4.78 is 69.9. The lowest BCUT2D eigenvalue weighted by Gasteiger charge is -2.39. The molecule has 3 fully saturated rings. The second-order valence-electron chi connectivity index (χ2n) is 12.6. The lowest BCUT2D eigenvalue weighted by atomic mass is 9.91. The summed E-state index contributed by atoms with van der Waals surface area (Å²) in [5, 5.41) is 10.8. The number of nitrogens with zero attached hydrogens (tertiary/aromatic N) is 4. The van der Waals surface area contributed by atoms with Crippen LogP contribution in [0.2, 0.25) is 0 Å². The fourth-order valence-electron chi connectivity index (χ4n) is 7.31. The number of aromatic nitrogens is 2. The Morgan fingerprint density at radius 1 is 1.24 bits per heavy atom. The number of aryl methyl sites for hydroxylation is 1. The van der Waals surface area contributed by atoms with Crippen LogP contribution >= 0.6 is 0 Å². The Kier molecular flexibility index (Phi) is 7.17. The third kappa shape index (κ3) is 5.22. The topological polar surface area (TPSA) is 97.0 Å². The van der Waals surface area contributed by atoms with Gasteiger partial charge in [0.15, 0.2) is 5.82 Å². The smallest absolute Gasteiger partial charge is 0.417 e. The molecule has 42 heavy (non-hydrogen) atoms. The van der Waals surface area contributed by atoms with Gasteiger partial charge in [0.1, 0.15) is 12.4 Å². The number of aliphatic hydroxyl groups is 1. The van der Waals surface area contributed by atoms with Gasteiger partial charge in [-0.25, -0.2) is 4.39 Å². The van der Waals surface area contributed by atoms with Crippen molar-refractivity contribution in [1.82, 2.24) is 14.9 Å². The van der Waals surface area contributed by atoms with E-state index in [-0.39, 0.29) is 35.8 Å². The molecule has 4 aliphatic heterocycles. The van der Waals surface area contributed by atoms with Crippen molar-refractivity contribution in [3.05, 3.63) is 52.0 Å². The van der Waals surface area contributed by atoms with Crippen LogP contribution in [0, 0.1) is 12.7 Å². The highest BCUT2D eigenvalue weighted by Gasteiger charge is 2.47. The van der Waals surface area contributed by atoms with E-state index < -0.39 is 34.8 Å². The highest BCUT2D eigenvalue weighted by Crippen LogP contribution is 2.45. The molecule has 4 aliphatic rings. The molecule has 6 rings (SSSR count). The van der Waals surface area contributed by atoms with E-state index in [1.165, 1.54) is 6.92 Å². The Morgan fingerprint density at radius 2 is 2.00 bits per heavy atom. The van der Waals surface area contributed by atoms with E-state index in [0.717, 1.165) is 50.4 Å². The zero-order valence-electron chi connectivity index (χ0n) is 24.0. The second kappa shape index (κ2) is 10.3. The molecule has 1 aromatic heterocycles. The van der Waals surface area contributed by atoms with Crippen LogP contribution in [0.1, 0.15) is 73.1 Å². The van der Waals surface area contributed by atoms with Crippen molar-refractivity contribution in [3.63, 3.8) is 0 Å². The minimum atomic E-state index is -4.81. The van der Waals surface area contributed by atoms with Gasteiger partial charge >= 0.3 is 12.2 Å². The maximum Gasteiger partial charge on any atom is 0.417 e. The number of nitrogens with two attached hydrogens (primary N) is 1. The maximum absolute atomic E-state index is 15.3. The van der Waals surface area contributed by atoms with Gasteiger partial charge < -0.3 is 25.2 Å². The average molecular weight is 592 g/mol. The van der Waals surface area contributed by atoms with Crippen molar-refractivity contribution in [3.8, 4) is 6.01 Å². The van der Waals surface area contributed by atoms with Gasteiger partial charge in [-0.2, -0.15) is 23.1 Å². The number of ether oxygens (including phenoxy) is 2. The maximum atomic E-state index is 15.3. The van der Waals surface area contributed by atoms with Crippen LogP contribution in [-0.2, 0) is 23.9 Å². The number of hydrogen-bond donors (Lipinski definition) is 2. The van der Waals surface area contributed by atoms with Crippen LogP contribution in [0.5, 0.6) is 6.01 Å². The number of alkyl halides is 3. The molecule has 1 aromatic carbocycles. The zero-order chi connectivity index (χ0) is 30.0. The van der Waals surface area contributed by atoms with E-state index in [2.05, 4.69) is 16.5 Å². The van der Waals surface area contributed by atoms with Gasteiger partial charge in [0.25, 0.3) is 0 Å². The number of fused-ring (bicyclic) bond motifs is 2. The van der Waals surface area contributed by atoms with Gasteiger partial charge in [-0.3, -0.25) is 4.90 Å². The third-order valence-corrected chi connectivity index (χ3v) is 9.17. The number of nitrogen functional groups attached to an aromatic ring is 1. The summed E-state index contributed by atoms with van der Waals surface area (Å²) in [4.78, 5) is 13.7. The van der Waals surface area contributed by atoms with E-state index >= 15 is 4.39 Å². The van der Waals surface area contributed by atoms with Crippen LogP contribution in [0.4, 0.5) is 29.1 Å². The molecule has 0 aliphatic carbocycles. The summed E-state index contributed by atoms with van der Waals surface area (Å²) in [6.07, 6.45) is -1.99. The van der Waals surface area contributed by atoms with Crippen LogP contribution in [0.15, 0.2) is 18.2 Å². The predicted octanol–water partition coefficient (Wildman–Crippen LogP) is 4.86. The Morgan fingerprint density at radius 3 is 2.74 bits per heavy atom. The molecular weight excluding hydrogens is 554 g/mol. The number of anilines is 2. The molecule has 0 spiro atoms. The second-order valence-corrected chi connectivity index (χ2v) is 12.6. The minimum Gasteiger partial charge on any atom is -0.461 e. The van der Waals surface area contributed by atoms with E-state index in [0.29, 0.717) is 43.2 Å². The van der Waals surface area contributed by atoms with Crippen LogP contribution in [0.3, 0.4) is 0 Å². The van der Waals surface area contributed by atoms with Gasteiger partial charge in [0.05, 0.1) is 40.8 Å². The number of β-amino-alcohol motifs (C(OH)–C–C–N with tert-alkyl or cyclic N) is 1. The van der Waals surface area contributed by atoms with Gasteiger partial charge in [0, 0.05) is 37.2 Å². The van der Waals surface area contributed by atoms with Crippen molar-refractivity contribution in [2.75, 3.05) is 43.4 Å². The molecule has 2 aromatic rings. The first-order chi connectivity index (χ1) is 19.8. The van der Waals surface area contributed by atoms with Crippen LogP contribution < -0.4 is 15.4 Å². The molecule has 0 bridgehead atoms. The number of rotatable bonds is 5. The summed E-state index contributed by atoms with van der Waals surface area (Å²) in [6.45, 7) is 10.2. The van der Waals surface area contributed by atoms with Gasteiger partial charge in [0.2, 0.25) is 0 Å². The van der Waals surface area contributed by atoms with E-state index in [9.17, 15) is 18.3 Å². The zero-order valence-corrected chi connectivity index (χ0v) is 24.0. The van der Waals surface area contributed by atoms with E-state index in [1.807, 2.05) is 4.90 Å². The third-order valence-electron chi connectivity index (χ3n) is 9.17.